The number of hydrogen-bond acceptors (Lipinski definition) is 5. The predicted molar refractivity (Wildman–Crippen MR) is 132 cm³/mol. The van der Waals surface area contributed by atoms with Crippen molar-refractivity contribution in [2.24, 2.45) is 17.3 Å². The van der Waals surface area contributed by atoms with Gasteiger partial charge in [-0.15, -0.1) is 0 Å². The maximum absolute atomic E-state index is 12.8. The van der Waals surface area contributed by atoms with Gasteiger partial charge in [0.1, 0.15) is 0 Å². The smallest absolute Gasteiger partial charge is 0.306 e. The maximum Gasteiger partial charge on any atom is 0.306 e. The largest absolute Gasteiger partial charge is 0.456 e. The predicted octanol–water partition coefficient (Wildman–Crippen LogP) is 4.47. The van der Waals surface area contributed by atoms with Crippen molar-refractivity contribution < 1.29 is 22.7 Å². The highest BCUT2D eigenvalue weighted by Crippen LogP contribution is 2.65. The molecule has 7 nitrogen and oxygen atoms in total. The number of nitrogens with one attached hydrogen (secondary N) is 1. The van der Waals surface area contributed by atoms with Crippen molar-refractivity contribution in [3.8, 4) is 0 Å². The lowest BCUT2D eigenvalue weighted by Gasteiger charge is -2.60. The Morgan fingerprint density at radius 3 is 2.29 bits per heavy atom. The molecule has 1 aromatic rings. The van der Waals surface area contributed by atoms with E-state index in [-0.39, 0.29) is 27.2 Å². The van der Waals surface area contributed by atoms with Crippen molar-refractivity contribution in [3.05, 3.63) is 24.3 Å². The highest BCUT2D eigenvalue weighted by molar-refractivity contribution is 9.10. The molecule has 4 bridgehead atoms. The molecular formula is C25H33BrN2O5S. The summed E-state index contributed by atoms with van der Waals surface area (Å²) in [6.07, 6.45) is 10.1. The zero-order valence-electron chi connectivity index (χ0n) is 19.4. The molecule has 34 heavy (non-hydrogen) atoms. The fourth-order valence-corrected chi connectivity index (χ4v) is 10.2. The van der Waals surface area contributed by atoms with E-state index in [0.29, 0.717) is 37.0 Å². The van der Waals surface area contributed by atoms with Crippen LogP contribution in [0.4, 0.5) is 5.69 Å². The van der Waals surface area contributed by atoms with Gasteiger partial charge in [-0.2, -0.15) is 4.31 Å². The number of carbonyl (C=O) groups excluding carboxylic acids is 2. The molecule has 4 atom stereocenters. The Labute approximate surface area is 210 Å². The molecule has 0 radical (unpaired) electrons. The molecule has 0 spiro atoms. The van der Waals surface area contributed by atoms with Gasteiger partial charge in [-0.25, -0.2) is 8.42 Å². The number of ether oxygens (including phenoxy) is 1. The van der Waals surface area contributed by atoms with Crippen LogP contribution in [0.1, 0.15) is 64.2 Å². The fraction of sp³-hybridized carbons (Fsp3) is 0.680. The fourth-order valence-electron chi connectivity index (χ4n) is 7.21. The second-order valence-corrected chi connectivity index (χ2v) is 14.6. The second-order valence-electron chi connectivity index (χ2n) is 11.0. The first-order valence-electron chi connectivity index (χ1n) is 12.4. The SMILES string of the molecule is O=C(COC(=O)CC12C[C@@H]3C[C@@H](CC(Br)(C3)C1)C2)Nc1ccc(S(=O)(=O)N2CCCCC2)cc1. The first-order chi connectivity index (χ1) is 16.1. The van der Waals surface area contributed by atoms with E-state index in [1.807, 2.05) is 0 Å². The Morgan fingerprint density at radius 1 is 1.03 bits per heavy atom. The van der Waals surface area contributed by atoms with Crippen LogP contribution in [0.15, 0.2) is 29.2 Å². The first-order valence-corrected chi connectivity index (χ1v) is 14.6. The number of alkyl halides is 1. The summed E-state index contributed by atoms with van der Waals surface area (Å²) in [5.41, 5.74) is 0.484. The van der Waals surface area contributed by atoms with Gasteiger partial charge in [0.15, 0.2) is 6.61 Å². The lowest BCUT2D eigenvalue weighted by Crippen LogP contribution is -2.53. The minimum atomic E-state index is -3.51. The van der Waals surface area contributed by atoms with Crippen LogP contribution < -0.4 is 5.32 Å². The molecule has 5 aliphatic rings. The number of amides is 1. The summed E-state index contributed by atoms with van der Waals surface area (Å²) in [4.78, 5) is 25.2. The summed E-state index contributed by atoms with van der Waals surface area (Å²) < 4.78 is 32.6. The summed E-state index contributed by atoms with van der Waals surface area (Å²) in [6, 6.07) is 6.16. The molecule has 0 aromatic heterocycles. The molecule has 1 aromatic carbocycles. The Morgan fingerprint density at radius 2 is 1.68 bits per heavy atom. The number of nitrogens with zero attached hydrogens (tertiary/aromatic N) is 1. The van der Waals surface area contributed by atoms with Crippen molar-refractivity contribution in [2.45, 2.75) is 73.4 Å². The van der Waals surface area contributed by atoms with Gasteiger partial charge >= 0.3 is 5.97 Å². The van der Waals surface area contributed by atoms with Crippen LogP contribution in [0.5, 0.6) is 0 Å². The van der Waals surface area contributed by atoms with Crippen LogP contribution in [0.2, 0.25) is 0 Å². The third-order valence-electron chi connectivity index (χ3n) is 8.09. The van der Waals surface area contributed by atoms with Gasteiger partial charge in [0.05, 0.1) is 11.3 Å². The Bertz CT molecular complexity index is 1040. The van der Waals surface area contributed by atoms with Crippen molar-refractivity contribution in [2.75, 3.05) is 25.0 Å². The summed E-state index contributed by atoms with van der Waals surface area (Å²) in [7, 11) is -3.51. The highest BCUT2D eigenvalue weighted by atomic mass is 79.9. The molecule has 6 rings (SSSR count). The minimum absolute atomic E-state index is 0.0107. The second kappa shape index (κ2) is 9.21. The van der Waals surface area contributed by atoms with E-state index < -0.39 is 15.9 Å². The molecule has 2 unspecified atom stereocenters. The van der Waals surface area contributed by atoms with Crippen molar-refractivity contribution in [3.63, 3.8) is 0 Å². The number of rotatable bonds is 7. The summed E-state index contributed by atoms with van der Waals surface area (Å²) >= 11 is 3.96. The quantitative estimate of drug-likeness (QED) is 0.398. The van der Waals surface area contributed by atoms with Gasteiger partial charge in [0.2, 0.25) is 10.0 Å². The molecule has 1 N–H and O–H groups in total. The highest BCUT2D eigenvalue weighted by Gasteiger charge is 2.57. The van der Waals surface area contributed by atoms with E-state index in [4.69, 9.17) is 4.74 Å². The molecule has 1 saturated heterocycles. The van der Waals surface area contributed by atoms with E-state index in [0.717, 1.165) is 38.5 Å². The molecule has 1 heterocycles. The lowest BCUT2D eigenvalue weighted by atomic mass is 9.49. The Balaban J connectivity index is 1.11. The van der Waals surface area contributed by atoms with Gasteiger partial charge in [-0.1, -0.05) is 22.4 Å². The van der Waals surface area contributed by atoms with Crippen molar-refractivity contribution in [1.29, 1.82) is 0 Å². The van der Waals surface area contributed by atoms with Crippen LogP contribution in [0.25, 0.3) is 0 Å². The molecule has 4 aliphatic carbocycles. The van der Waals surface area contributed by atoms with Gasteiger partial charge in [-0.05, 0) is 92.9 Å². The maximum atomic E-state index is 12.8. The normalized spacial score (nSPS) is 33.0. The van der Waals surface area contributed by atoms with Crippen molar-refractivity contribution in [1.82, 2.24) is 4.31 Å². The number of halogens is 1. The summed E-state index contributed by atoms with van der Waals surface area (Å²) in [6.45, 7) is 0.756. The molecule has 5 fully saturated rings. The topological polar surface area (TPSA) is 92.8 Å². The molecule has 186 valence electrons. The van der Waals surface area contributed by atoms with Crippen LogP contribution in [0.3, 0.4) is 0 Å². The standard InChI is InChI=1S/C25H33BrN2O5S/c26-25-13-18-10-19(14-25)12-24(11-18,17-25)15-23(30)33-16-22(29)27-20-4-6-21(7-5-20)34(31,32)28-8-2-1-3-9-28/h4-7,18-19H,1-3,8-17H2,(H,27,29)/t18-,19+,24?,25?. The average Bonchev–Trinajstić information content (AvgIpc) is 2.77. The molecular weight excluding hydrogens is 520 g/mol. The van der Waals surface area contributed by atoms with Crippen LogP contribution >= 0.6 is 15.9 Å². The monoisotopic (exact) mass is 552 g/mol. The average molecular weight is 554 g/mol. The van der Waals surface area contributed by atoms with E-state index >= 15 is 0 Å². The Hall–Kier alpha value is -1.45. The number of benzene rings is 1. The molecule has 1 aliphatic heterocycles. The van der Waals surface area contributed by atoms with Gasteiger partial charge in [0, 0.05) is 23.1 Å². The Kier molecular flexibility index (Phi) is 6.57. The number of hydrogen-bond donors (Lipinski definition) is 1. The molecule has 4 saturated carbocycles. The third kappa shape index (κ3) is 5.07. The van der Waals surface area contributed by atoms with E-state index in [9.17, 15) is 18.0 Å². The van der Waals surface area contributed by atoms with Crippen LogP contribution in [0, 0.1) is 17.3 Å². The molecule has 9 heteroatoms. The van der Waals surface area contributed by atoms with E-state index in [1.54, 1.807) is 12.1 Å². The number of carbonyl (C=O) groups is 2. The van der Waals surface area contributed by atoms with Crippen molar-refractivity contribution >= 4 is 43.5 Å². The summed E-state index contributed by atoms with van der Waals surface area (Å²) in [5.74, 6) is 0.649. The third-order valence-corrected chi connectivity index (χ3v) is 10.9. The van der Waals surface area contributed by atoms with E-state index in [2.05, 4.69) is 21.2 Å². The summed E-state index contributed by atoms with van der Waals surface area (Å²) in [5, 5.41) is 2.69. The zero-order valence-corrected chi connectivity index (χ0v) is 21.8. The number of anilines is 1. The van der Waals surface area contributed by atoms with Gasteiger partial charge < -0.3 is 10.1 Å². The van der Waals surface area contributed by atoms with Gasteiger partial charge in [-0.3, -0.25) is 9.59 Å². The van der Waals surface area contributed by atoms with E-state index in [1.165, 1.54) is 35.7 Å². The van der Waals surface area contributed by atoms with Crippen LogP contribution in [-0.2, 0) is 24.3 Å². The number of sulfonamides is 1. The van der Waals surface area contributed by atoms with Gasteiger partial charge in [0.25, 0.3) is 5.91 Å². The molecule has 1 amide bonds. The van der Waals surface area contributed by atoms with Crippen LogP contribution in [-0.4, -0.2) is 48.6 Å². The zero-order chi connectivity index (χ0) is 24.0. The number of esters is 1. The first kappa shape index (κ1) is 24.3. The minimum Gasteiger partial charge on any atom is -0.456 e. The number of piperidine rings is 1. The lowest BCUT2D eigenvalue weighted by molar-refractivity contribution is -0.153.